The molecular formula is C11H17ClN2. The van der Waals surface area contributed by atoms with Crippen LogP contribution in [-0.4, -0.2) is 16.9 Å². The van der Waals surface area contributed by atoms with Crippen molar-refractivity contribution < 1.29 is 0 Å². The van der Waals surface area contributed by atoms with Crippen molar-refractivity contribution in [3.8, 4) is 0 Å². The lowest BCUT2D eigenvalue weighted by Gasteiger charge is -2.15. The fraction of sp³-hybridized carbons (Fsp3) is 0.545. The second kappa shape index (κ2) is 5.86. The molecule has 0 radical (unpaired) electrons. The molecule has 1 heterocycles. The minimum Gasteiger partial charge on any atom is -0.367 e. The van der Waals surface area contributed by atoms with Crippen molar-refractivity contribution in [2.75, 3.05) is 11.2 Å². The summed E-state index contributed by atoms with van der Waals surface area (Å²) in [6.07, 6.45) is 3.92. The van der Waals surface area contributed by atoms with Gasteiger partial charge in [0.2, 0.25) is 0 Å². The van der Waals surface area contributed by atoms with Gasteiger partial charge in [0, 0.05) is 18.1 Å². The lowest BCUT2D eigenvalue weighted by Crippen LogP contribution is -2.19. The summed E-state index contributed by atoms with van der Waals surface area (Å²) in [5.41, 5.74) is 1.18. The van der Waals surface area contributed by atoms with Crippen LogP contribution in [0.5, 0.6) is 0 Å². The first kappa shape index (κ1) is 11.3. The molecule has 1 aromatic rings. The summed E-state index contributed by atoms with van der Waals surface area (Å²) in [5.74, 6) is 1.63. The first-order valence-electron chi connectivity index (χ1n) is 5.01. The fourth-order valence-electron chi connectivity index (χ4n) is 1.27. The van der Waals surface area contributed by atoms with Gasteiger partial charge in [0.15, 0.2) is 0 Å². The predicted octanol–water partition coefficient (Wildman–Crippen LogP) is 3.21. The van der Waals surface area contributed by atoms with Crippen LogP contribution in [-0.2, 0) is 0 Å². The maximum absolute atomic E-state index is 5.71. The number of pyridine rings is 1. The third-order valence-electron chi connectivity index (χ3n) is 2.21. The van der Waals surface area contributed by atoms with E-state index in [1.807, 2.05) is 19.2 Å². The monoisotopic (exact) mass is 212 g/mol. The summed E-state index contributed by atoms with van der Waals surface area (Å²) < 4.78 is 0. The molecule has 0 amide bonds. The van der Waals surface area contributed by atoms with Gasteiger partial charge >= 0.3 is 0 Å². The highest BCUT2D eigenvalue weighted by molar-refractivity contribution is 6.17. The Balaban J connectivity index is 2.53. The van der Waals surface area contributed by atoms with Gasteiger partial charge in [-0.3, -0.25) is 0 Å². The van der Waals surface area contributed by atoms with E-state index in [1.165, 1.54) is 5.56 Å². The molecule has 0 saturated carbocycles. The molecule has 0 aliphatic heterocycles. The van der Waals surface area contributed by atoms with E-state index in [0.717, 1.165) is 18.7 Å². The number of hydrogen-bond donors (Lipinski definition) is 1. The Morgan fingerprint density at radius 2 is 2.29 bits per heavy atom. The van der Waals surface area contributed by atoms with Crippen LogP contribution < -0.4 is 5.32 Å². The zero-order valence-electron chi connectivity index (χ0n) is 8.76. The van der Waals surface area contributed by atoms with Crippen molar-refractivity contribution >= 4 is 17.4 Å². The Labute approximate surface area is 90.7 Å². The van der Waals surface area contributed by atoms with E-state index in [9.17, 15) is 0 Å². The topological polar surface area (TPSA) is 24.9 Å². The quantitative estimate of drug-likeness (QED) is 0.759. The van der Waals surface area contributed by atoms with E-state index in [-0.39, 0.29) is 0 Å². The number of rotatable bonds is 5. The van der Waals surface area contributed by atoms with Crippen LogP contribution >= 0.6 is 11.6 Å². The van der Waals surface area contributed by atoms with E-state index < -0.39 is 0 Å². The van der Waals surface area contributed by atoms with Crippen LogP contribution in [0.25, 0.3) is 0 Å². The lowest BCUT2D eigenvalue weighted by atomic mass is 10.2. The SMILES string of the molecule is CCC(CCCl)Nc1ccc(C)cn1. The Morgan fingerprint density at radius 3 is 2.79 bits per heavy atom. The van der Waals surface area contributed by atoms with E-state index in [2.05, 4.69) is 23.3 Å². The van der Waals surface area contributed by atoms with Gasteiger partial charge in [0.1, 0.15) is 5.82 Å². The molecule has 0 spiro atoms. The zero-order valence-corrected chi connectivity index (χ0v) is 9.51. The van der Waals surface area contributed by atoms with E-state index in [0.29, 0.717) is 11.9 Å². The van der Waals surface area contributed by atoms with Gasteiger partial charge in [-0.25, -0.2) is 4.98 Å². The average molecular weight is 213 g/mol. The van der Waals surface area contributed by atoms with Crippen LogP contribution in [0.1, 0.15) is 25.3 Å². The van der Waals surface area contributed by atoms with Crippen LogP contribution in [0.15, 0.2) is 18.3 Å². The second-order valence-corrected chi connectivity index (χ2v) is 3.83. The molecule has 2 nitrogen and oxygen atoms in total. The van der Waals surface area contributed by atoms with Gasteiger partial charge in [0.25, 0.3) is 0 Å². The van der Waals surface area contributed by atoms with Crippen LogP contribution in [0.4, 0.5) is 5.82 Å². The zero-order chi connectivity index (χ0) is 10.4. The van der Waals surface area contributed by atoms with Crippen molar-refractivity contribution in [1.82, 2.24) is 4.98 Å². The summed E-state index contributed by atoms with van der Waals surface area (Å²) in [6.45, 7) is 4.19. The van der Waals surface area contributed by atoms with Gasteiger partial charge in [-0.05, 0) is 31.4 Å². The lowest BCUT2D eigenvalue weighted by molar-refractivity contribution is 0.672. The number of halogens is 1. The first-order chi connectivity index (χ1) is 6.76. The molecule has 1 atom stereocenters. The molecule has 3 heteroatoms. The highest BCUT2D eigenvalue weighted by Crippen LogP contribution is 2.09. The standard InChI is InChI=1S/C11H17ClN2/c1-3-10(6-7-12)14-11-5-4-9(2)8-13-11/h4-5,8,10H,3,6-7H2,1-2H3,(H,13,14). The predicted molar refractivity (Wildman–Crippen MR) is 62.0 cm³/mol. The highest BCUT2D eigenvalue weighted by Gasteiger charge is 2.04. The molecule has 0 aromatic carbocycles. The molecule has 0 fully saturated rings. The first-order valence-corrected chi connectivity index (χ1v) is 5.55. The maximum Gasteiger partial charge on any atom is 0.126 e. The van der Waals surface area contributed by atoms with Crippen molar-refractivity contribution in [1.29, 1.82) is 0 Å². The number of alkyl halides is 1. The van der Waals surface area contributed by atoms with Gasteiger partial charge in [-0.2, -0.15) is 0 Å². The molecule has 0 aliphatic carbocycles. The molecule has 78 valence electrons. The minimum atomic E-state index is 0.433. The molecule has 14 heavy (non-hydrogen) atoms. The molecule has 0 aliphatic rings. The summed E-state index contributed by atoms with van der Waals surface area (Å²) in [6, 6.07) is 4.50. The fourth-order valence-corrected chi connectivity index (χ4v) is 1.54. The summed E-state index contributed by atoms with van der Waals surface area (Å²) in [5, 5.41) is 3.36. The number of nitrogens with one attached hydrogen (secondary N) is 1. The Bertz CT molecular complexity index is 258. The Morgan fingerprint density at radius 1 is 1.50 bits per heavy atom. The molecule has 1 unspecified atom stereocenters. The molecule has 0 saturated heterocycles. The smallest absolute Gasteiger partial charge is 0.126 e. The van der Waals surface area contributed by atoms with E-state index in [1.54, 1.807) is 0 Å². The van der Waals surface area contributed by atoms with Crippen molar-refractivity contribution in [2.45, 2.75) is 32.7 Å². The van der Waals surface area contributed by atoms with E-state index >= 15 is 0 Å². The molecule has 0 bridgehead atoms. The van der Waals surface area contributed by atoms with Crippen molar-refractivity contribution in [2.24, 2.45) is 0 Å². The summed E-state index contributed by atoms with van der Waals surface area (Å²) in [7, 11) is 0. The molecule has 1 aromatic heterocycles. The molecular weight excluding hydrogens is 196 g/mol. The Kier molecular flexibility index (Phi) is 4.74. The maximum atomic E-state index is 5.71. The van der Waals surface area contributed by atoms with Gasteiger partial charge < -0.3 is 5.32 Å². The van der Waals surface area contributed by atoms with Crippen LogP contribution in [0.2, 0.25) is 0 Å². The van der Waals surface area contributed by atoms with Crippen LogP contribution in [0, 0.1) is 6.92 Å². The highest BCUT2D eigenvalue weighted by atomic mass is 35.5. The van der Waals surface area contributed by atoms with Gasteiger partial charge in [-0.1, -0.05) is 13.0 Å². The number of aryl methyl sites for hydroxylation is 1. The van der Waals surface area contributed by atoms with Crippen molar-refractivity contribution in [3.05, 3.63) is 23.9 Å². The minimum absolute atomic E-state index is 0.433. The number of anilines is 1. The third kappa shape index (κ3) is 3.54. The number of aromatic nitrogens is 1. The summed E-state index contributed by atoms with van der Waals surface area (Å²) >= 11 is 5.71. The largest absolute Gasteiger partial charge is 0.367 e. The van der Waals surface area contributed by atoms with Crippen molar-refractivity contribution in [3.63, 3.8) is 0 Å². The van der Waals surface area contributed by atoms with E-state index in [4.69, 9.17) is 11.6 Å². The molecule has 1 rings (SSSR count). The third-order valence-corrected chi connectivity index (χ3v) is 2.43. The second-order valence-electron chi connectivity index (χ2n) is 3.45. The van der Waals surface area contributed by atoms with Crippen LogP contribution in [0.3, 0.4) is 0 Å². The average Bonchev–Trinajstić information content (AvgIpc) is 2.20. The Hall–Kier alpha value is -0.760. The van der Waals surface area contributed by atoms with Gasteiger partial charge in [0.05, 0.1) is 0 Å². The number of nitrogens with zero attached hydrogens (tertiary/aromatic N) is 1. The number of hydrogen-bond acceptors (Lipinski definition) is 2. The normalized spacial score (nSPS) is 12.5. The summed E-state index contributed by atoms with van der Waals surface area (Å²) in [4.78, 5) is 4.29. The molecule has 1 N–H and O–H groups in total. The van der Waals surface area contributed by atoms with Gasteiger partial charge in [-0.15, -0.1) is 11.6 Å².